The van der Waals surface area contributed by atoms with Crippen LogP contribution >= 0.6 is 0 Å². The summed E-state index contributed by atoms with van der Waals surface area (Å²) >= 11 is 0. The monoisotopic (exact) mass is 243 g/mol. The molecule has 2 atom stereocenters. The van der Waals surface area contributed by atoms with Crippen LogP contribution in [0.4, 0.5) is 0 Å². The van der Waals surface area contributed by atoms with Gasteiger partial charge in [-0.2, -0.15) is 0 Å². The molecule has 0 aromatic heterocycles. The molecule has 2 heterocycles. The van der Waals surface area contributed by atoms with E-state index in [1.165, 1.54) is 6.42 Å². The molecule has 0 unspecified atom stereocenters. The highest BCUT2D eigenvalue weighted by atomic mass is 16.5. The minimum Gasteiger partial charge on any atom is -0.392 e. The first-order valence-corrected chi connectivity index (χ1v) is 6.87. The Bertz CT molecular complexity index is 209. The van der Waals surface area contributed by atoms with Crippen LogP contribution < -0.4 is 0 Å². The summed E-state index contributed by atoms with van der Waals surface area (Å²) in [6, 6.07) is 0. The van der Waals surface area contributed by atoms with Gasteiger partial charge in [-0.05, 0) is 32.6 Å². The first-order chi connectivity index (χ1) is 8.24. The normalized spacial score (nSPS) is 29.6. The summed E-state index contributed by atoms with van der Waals surface area (Å²) in [5.41, 5.74) is 0. The van der Waals surface area contributed by atoms with Gasteiger partial charge in [0.1, 0.15) is 0 Å². The minimum absolute atomic E-state index is 0.223. The summed E-state index contributed by atoms with van der Waals surface area (Å²) in [4.78, 5) is 2.32. The van der Waals surface area contributed by atoms with E-state index in [-0.39, 0.29) is 6.10 Å². The van der Waals surface area contributed by atoms with Crippen LogP contribution in [0, 0.1) is 0 Å². The highest BCUT2D eigenvalue weighted by Crippen LogP contribution is 2.17. The maximum Gasteiger partial charge on any atom is 0.0809 e. The number of rotatable bonds is 5. The van der Waals surface area contributed by atoms with E-state index in [0.29, 0.717) is 12.2 Å². The summed E-state index contributed by atoms with van der Waals surface area (Å²) in [6.07, 6.45) is 5.01. The molecule has 17 heavy (non-hydrogen) atoms. The van der Waals surface area contributed by atoms with Gasteiger partial charge in [0, 0.05) is 26.2 Å². The van der Waals surface area contributed by atoms with Crippen molar-refractivity contribution >= 4 is 0 Å². The number of hydrogen-bond acceptors (Lipinski definition) is 4. The summed E-state index contributed by atoms with van der Waals surface area (Å²) < 4.78 is 11.5. The second-order valence-electron chi connectivity index (χ2n) is 5.32. The first kappa shape index (κ1) is 13.3. The molecule has 0 aromatic carbocycles. The van der Waals surface area contributed by atoms with Crippen molar-refractivity contribution in [3.63, 3.8) is 0 Å². The number of aliphatic hydroxyl groups is 1. The molecule has 0 saturated carbocycles. The van der Waals surface area contributed by atoms with Crippen LogP contribution in [-0.2, 0) is 9.47 Å². The molecular weight excluding hydrogens is 218 g/mol. The fourth-order valence-corrected chi connectivity index (χ4v) is 2.65. The Hall–Kier alpha value is -0.160. The summed E-state index contributed by atoms with van der Waals surface area (Å²) in [5, 5.41) is 9.33. The van der Waals surface area contributed by atoms with Crippen molar-refractivity contribution in [2.45, 2.75) is 50.9 Å². The van der Waals surface area contributed by atoms with E-state index >= 15 is 0 Å². The van der Waals surface area contributed by atoms with E-state index in [4.69, 9.17) is 9.47 Å². The van der Waals surface area contributed by atoms with Crippen molar-refractivity contribution in [2.24, 2.45) is 0 Å². The van der Waals surface area contributed by atoms with Gasteiger partial charge in [-0.3, -0.25) is 0 Å². The number of piperidine rings is 1. The fraction of sp³-hybridized carbons (Fsp3) is 1.00. The predicted molar refractivity (Wildman–Crippen MR) is 66.1 cm³/mol. The van der Waals surface area contributed by atoms with E-state index in [1.807, 2.05) is 6.92 Å². The smallest absolute Gasteiger partial charge is 0.0809 e. The molecule has 0 bridgehead atoms. The van der Waals surface area contributed by atoms with Gasteiger partial charge in [0.2, 0.25) is 0 Å². The summed E-state index contributed by atoms with van der Waals surface area (Å²) in [7, 11) is 0. The number of nitrogens with zero attached hydrogens (tertiary/aromatic N) is 1. The molecule has 0 amide bonds. The van der Waals surface area contributed by atoms with Crippen molar-refractivity contribution in [1.29, 1.82) is 0 Å². The van der Waals surface area contributed by atoms with Gasteiger partial charge in [0.25, 0.3) is 0 Å². The lowest BCUT2D eigenvalue weighted by Crippen LogP contribution is -2.41. The first-order valence-electron chi connectivity index (χ1n) is 6.87. The van der Waals surface area contributed by atoms with Crippen molar-refractivity contribution in [2.75, 3.05) is 32.8 Å². The number of likely N-dealkylation sites (tertiary alicyclic amines) is 1. The second-order valence-corrected chi connectivity index (χ2v) is 5.32. The molecule has 1 N–H and O–H groups in total. The standard InChI is InChI=1S/C13H25NO3/c1-11(15)9-14-6-4-12(5-7-14)17-10-13-3-2-8-16-13/h11-13,15H,2-10H2,1H3/t11-,13+/m1/s1. The average molecular weight is 243 g/mol. The molecule has 2 aliphatic rings. The lowest BCUT2D eigenvalue weighted by atomic mass is 10.1. The Morgan fingerprint density at radius 1 is 1.35 bits per heavy atom. The largest absolute Gasteiger partial charge is 0.392 e. The van der Waals surface area contributed by atoms with Crippen molar-refractivity contribution in [3.8, 4) is 0 Å². The molecule has 4 heteroatoms. The van der Waals surface area contributed by atoms with Crippen LogP contribution in [0.1, 0.15) is 32.6 Å². The topological polar surface area (TPSA) is 41.9 Å². The molecule has 2 aliphatic heterocycles. The van der Waals surface area contributed by atoms with E-state index in [1.54, 1.807) is 0 Å². The fourth-order valence-electron chi connectivity index (χ4n) is 2.65. The van der Waals surface area contributed by atoms with Gasteiger partial charge in [-0.15, -0.1) is 0 Å². The van der Waals surface area contributed by atoms with Gasteiger partial charge in [0.05, 0.1) is 24.9 Å². The minimum atomic E-state index is -0.223. The maximum atomic E-state index is 9.33. The molecular formula is C13H25NO3. The van der Waals surface area contributed by atoms with Crippen LogP contribution in [0.15, 0.2) is 0 Å². The van der Waals surface area contributed by atoms with Crippen molar-refractivity contribution in [3.05, 3.63) is 0 Å². The molecule has 100 valence electrons. The van der Waals surface area contributed by atoms with Gasteiger partial charge in [-0.1, -0.05) is 0 Å². The third kappa shape index (κ3) is 4.54. The Labute approximate surface area is 104 Å². The van der Waals surface area contributed by atoms with Gasteiger partial charge in [0.15, 0.2) is 0 Å². The zero-order valence-corrected chi connectivity index (χ0v) is 10.8. The van der Waals surface area contributed by atoms with Crippen LogP contribution in [0.25, 0.3) is 0 Å². The third-order valence-electron chi connectivity index (χ3n) is 3.60. The molecule has 2 fully saturated rings. The highest BCUT2D eigenvalue weighted by molar-refractivity contribution is 4.74. The lowest BCUT2D eigenvalue weighted by Gasteiger charge is -2.32. The van der Waals surface area contributed by atoms with E-state index in [0.717, 1.165) is 52.1 Å². The lowest BCUT2D eigenvalue weighted by molar-refractivity contribution is -0.0447. The van der Waals surface area contributed by atoms with E-state index in [2.05, 4.69) is 4.90 Å². The van der Waals surface area contributed by atoms with Gasteiger partial charge < -0.3 is 19.5 Å². The van der Waals surface area contributed by atoms with E-state index in [9.17, 15) is 5.11 Å². The van der Waals surface area contributed by atoms with Crippen LogP contribution in [0.2, 0.25) is 0 Å². The molecule has 0 radical (unpaired) electrons. The quantitative estimate of drug-likeness (QED) is 0.783. The Morgan fingerprint density at radius 3 is 2.71 bits per heavy atom. The van der Waals surface area contributed by atoms with Crippen molar-refractivity contribution in [1.82, 2.24) is 4.90 Å². The zero-order chi connectivity index (χ0) is 12.1. The third-order valence-corrected chi connectivity index (χ3v) is 3.60. The van der Waals surface area contributed by atoms with Gasteiger partial charge >= 0.3 is 0 Å². The maximum absolute atomic E-state index is 9.33. The van der Waals surface area contributed by atoms with Crippen LogP contribution in [0.5, 0.6) is 0 Å². The predicted octanol–water partition coefficient (Wildman–Crippen LogP) is 1.03. The number of ether oxygens (including phenoxy) is 2. The van der Waals surface area contributed by atoms with E-state index < -0.39 is 0 Å². The molecule has 0 aromatic rings. The highest BCUT2D eigenvalue weighted by Gasteiger charge is 2.22. The molecule has 2 saturated heterocycles. The number of aliphatic hydroxyl groups excluding tert-OH is 1. The average Bonchev–Trinajstić information content (AvgIpc) is 2.80. The Balaban J connectivity index is 1.58. The summed E-state index contributed by atoms with van der Waals surface area (Å²) in [5.74, 6) is 0. The summed E-state index contributed by atoms with van der Waals surface area (Å²) in [6.45, 7) is 6.39. The Morgan fingerprint density at radius 2 is 2.12 bits per heavy atom. The van der Waals surface area contributed by atoms with Crippen LogP contribution in [0.3, 0.4) is 0 Å². The Kier molecular flexibility index (Phi) is 5.22. The molecule has 2 rings (SSSR count). The number of β-amino-alcohol motifs (C(OH)–C–C–N with tert-alkyl or cyclic N) is 1. The molecule has 0 aliphatic carbocycles. The van der Waals surface area contributed by atoms with Crippen LogP contribution in [-0.4, -0.2) is 61.2 Å². The molecule has 4 nitrogen and oxygen atoms in total. The SMILES string of the molecule is C[C@@H](O)CN1CCC(OC[C@@H]2CCCO2)CC1. The zero-order valence-electron chi connectivity index (χ0n) is 10.8. The van der Waals surface area contributed by atoms with Crippen molar-refractivity contribution < 1.29 is 14.6 Å². The second kappa shape index (κ2) is 6.69. The van der Waals surface area contributed by atoms with Gasteiger partial charge in [-0.25, -0.2) is 0 Å². The number of hydrogen-bond donors (Lipinski definition) is 1. The molecule has 0 spiro atoms.